The van der Waals surface area contributed by atoms with Crippen molar-refractivity contribution in [2.24, 2.45) is 5.92 Å². The van der Waals surface area contributed by atoms with E-state index in [4.69, 9.17) is 5.11 Å². The van der Waals surface area contributed by atoms with Gasteiger partial charge in [0.05, 0.1) is 0 Å². The maximum absolute atomic E-state index is 11.9. The lowest BCUT2D eigenvalue weighted by Crippen LogP contribution is -2.38. The summed E-state index contributed by atoms with van der Waals surface area (Å²) in [4.78, 5) is 13.9. The van der Waals surface area contributed by atoms with Crippen LogP contribution in [0.25, 0.3) is 0 Å². The van der Waals surface area contributed by atoms with Gasteiger partial charge in [0, 0.05) is 26.1 Å². The predicted octanol–water partition coefficient (Wildman–Crippen LogP) is 2.58. The highest BCUT2D eigenvalue weighted by Gasteiger charge is 2.21. The van der Waals surface area contributed by atoms with Crippen molar-refractivity contribution in [3.05, 3.63) is 0 Å². The minimum absolute atomic E-state index is 0.287. The molecule has 1 aliphatic rings. The molecule has 3 heteroatoms. The number of hydrogen-bond donors (Lipinski definition) is 1. The van der Waals surface area contributed by atoms with Crippen molar-refractivity contribution < 1.29 is 9.90 Å². The van der Waals surface area contributed by atoms with Crippen molar-refractivity contribution in [1.29, 1.82) is 0 Å². The Labute approximate surface area is 105 Å². The van der Waals surface area contributed by atoms with Gasteiger partial charge in [-0.15, -0.1) is 0 Å². The van der Waals surface area contributed by atoms with Crippen LogP contribution in [0.1, 0.15) is 58.3 Å². The maximum Gasteiger partial charge on any atom is 0.222 e. The van der Waals surface area contributed by atoms with Gasteiger partial charge in [-0.3, -0.25) is 4.79 Å². The molecule has 1 saturated heterocycles. The molecule has 1 heterocycles. The first-order chi connectivity index (χ1) is 8.27. The molecule has 1 rings (SSSR count). The van der Waals surface area contributed by atoms with Gasteiger partial charge in [-0.05, 0) is 31.6 Å². The molecule has 1 aliphatic heterocycles. The molecule has 3 nitrogen and oxygen atoms in total. The fourth-order valence-corrected chi connectivity index (χ4v) is 2.51. The number of aliphatic hydroxyl groups is 1. The van der Waals surface area contributed by atoms with Crippen LogP contribution in [0.3, 0.4) is 0 Å². The molecule has 0 spiro atoms. The third-order valence-electron chi connectivity index (χ3n) is 3.75. The Bertz CT molecular complexity index is 210. The highest BCUT2D eigenvalue weighted by molar-refractivity contribution is 5.76. The van der Waals surface area contributed by atoms with Gasteiger partial charge in [0.2, 0.25) is 5.91 Å². The number of unbranched alkanes of at least 4 members (excludes halogenated alkanes) is 3. The van der Waals surface area contributed by atoms with Crippen LogP contribution in [0.4, 0.5) is 0 Å². The summed E-state index contributed by atoms with van der Waals surface area (Å²) in [5.74, 6) is 0.965. The number of piperidine rings is 1. The molecule has 0 aliphatic carbocycles. The van der Waals surface area contributed by atoms with Crippen LogP contribution in [-0.4, -0.2) is 35.6 Å². The standard InChI is InChI=1S/C14H27NO2/c1-2-3-4-5-6-14(17)15-10-7-13(8-11-15)9-12-16/h13,16H,2-12H2,1H3. The summed E-state index contributed by atoms with van der Waals surface area (Å²) in [6, 6.07) is 0. The first-order valence-electron chi connectivity index (χ1n) is 7.16. The molecular formula is C14H27NO2. The minimum Gasteiger partial charge on any atom is -0.396 e. The molecule has 0 bridgehead atoms. The molecule has 17 heavy (non-hydrogen) atoms. The summed E-state index contributed by atoms with van der Waals surface area (Å²) >= 11 is 0. The largest absolute Gasteiger partial charge is 0.396 e. The summed E-state index contributed by atoms with van der Waals surface area (Å²) < 4.78 is 0. The minimum atomic E-state index is 0.287. The van der Waals surface area contributed by atoms with Crippen molar-refractivity contribution >= 4 is 5.91 Å². The van der Waals surface area contributed by atoms with Gasteiger partial charge in [-0.1, -0.05) is 26.2 Å². The van der Waals surface area contributed by atoms with Crippen LogP contribution in [0.2, 0.25) is 0 Å². The molecule has 0 unspecified atom stereocenters. The van der Waals surface area contributed by atoms with Gasteiger partial charge in [0.1, 0.15) is 0 Å². The van der Waals surface area contributed by atoms with E-state index < -0.39 is 0 Å². The van der Waals surface area contributed by atoms with E-state index >= 15 is 0 Å². The fraction of sp³-hybridized carbons (Fsp3) is 0.929. The summed E-state index contributed by atoms with van der Waals surface area (Å²) in [7, 11) is 0. The SMILES string of the molecule is CCCCCCC(=O)N1CCC(CCO)CC1. The summed E-state index contributed by atoms with van der Waals surface area (Å²) in [6.07, 6.45) is 8.46. The number of nitrogens with zero attached hydrogens (tertiary/aromatic N) is 1. The highest BCUT2D eigenvalue weighted by atomic mass is 16.3. The van der Waals surface area contributed by atoms with Gasteiger partial charge in [-0.25, -0.2) is 0 Å². The molecule has 0 aromatic heterocycles. The molecule has 0 radical (unpaired) electrons. The Morgan fingerprint density at radius 3 is 2.53 bits per heavy atom. The molecule has 1 fully saturated rings. The normalized spacial score (nSPS) is 17.4. The number of aliphatic hydroxyl groups excluding tert-OH is 1. The van der Waals surface area contributed by atoms with E-state index in [0.717, 1.165) is 45.2 Å². The topological polar surface area (TPSA) is 40.5 Å². The lowest BCUT2D eigenvalue weighted by atomic mass is 9.93. The van der Waals surface area contributed by atoms with Crippen LogP contribution < -0.4 is 0 Å². The zero-order valence-electron chi connectivity index (χ0n) is 11.2. The number of carbonyl (C=O) groups excluding carboxylic acids is 1. The van der Waals surface area contributed by atoms with Crippen molar-refractivity contribution in [2.45, 2.75) is 58.3 Å². The van der Waals surface area contributed by atoms with E-state index in [1.54, 1.807) is 0 Å². The third-order valence-corrected chi connectivity index (χ3v) is 3.75. The number of amides is 1. The van der Waals surface area contributed by atoms with Crippen molar-refractivity contribution in [2.75, 3.05) is 19.7 Å². The Morgan fingerprint density at radius 1 is 1.24 bits per heavy atom. The molecule has 1 amide bonds. The second kappa shape index (κ2) is 8.51. The molecule has 0 atom stereocenters. The second-order valence-corrected chi connectivity index (χ2v) is 5.15. The van der Waals surface area contributed by atoms with Crippen molar-refractivity contribution in [3.8, 4) is 0 Å². The average Bonchev–Trinajstić information content (AvgIpc) is 2.36. The molecule has 0 aromatic rings. The van der Waals surface area contributed by atoms with Crippen LogP contribution in [0.15, 0.2) is 0 Å². The number of rotatable bonds is 7. The average molecular weight is 241 g/mol. The van der Waals surface area contributed by atoms with Crippen LogP contribution in [0, 0.1) is 5.92 Å². The number of carbonyl (C=O) groups is 1. The maximum atomic E-state index is 11.9. The molecule has 0 saturated carbocycles. The van der Waals surface area contributed by atoms with E-state index in [2.05, 4.69) is 6.92 Å². The lowest BCUT2D eigenvalue weighted by Gasteiger charge is -2.31. The van der Waals surface area contributed by atoms with Gasteiger partial charge in [-0.2, -0.15) is 0 Å². The van der Waals surface area contributed by atoms with Crippen LogP contribution in [0.5, 0.6) is 0 Å². The molecule has 1 N–H and O–H groups in total. The summed E-state index contributed by atoms with van der Waals surface area (Å²) in [6.45, 7) is 4.28. The first-order valence-corrected chi connectivity index (χ1v) is 7.16. The fourth-order valence-electron chi connectivity index (χ4n) is 2.51. The van der Waals surface area contributed by atoms with E-state index in [9.17, 15) is 4.79 Å². The Balaban J connectivity index is 2.12. The Morgan fingerprint density at radius 2 is 1.94 bits per heavy atom. The first kappa shape index (κ1) is 14.5. The van der Waals surface area contributed by atoms with Gasteiger partial charge in [0.25, 0.3) is 0 Å². The zero-order valence-corrected chi connectivity index (χ0v) is 11.2. The van der Waals surface area contributed by atoms with E-state index in [-0.39, 0.29) is 6.61 Å². The summed E-state index contributed by atoms with van der Waals surface area (Å²) in [5.41, 5.74) is 0. The molecular weight excluding hydrogens is 214 g/mol. The third kappa shape index (κ3) is 5.53. The Hall–Kier alpha value is -0.570. The van der Waals surface area contributed by atoms with Crippen molar-refractivity contribution in [3.63, 3.8) is 0 Å². The van der Waals surface area contributed by atoms with E-state index in [1.165, 1.54) is 19.3 Å². The quantitative estimate of drug-likeness (QED) is 0.696. The monoisotopic (exact) mass is 241 g/mol. The molecule has 100 valence electrons. The smallest absolute Gasteiger partial charge is 0.222 e. The van der Waals surface area contributed by atoms with E-state index in [1.807, 2.05) is 4.90 Å². The lowest BCUT2D eigenvalue weighted by molar-refractivity contribution is -0.132. The number of hydrogen-bond acceptors (Lipinski definition) is 2. The second-order valence-electron chi connectivity index (χ2n) is 5.15. The van der Waals surface area contributed by atoms with Crippen LogP contribution >= 0.6 is 0 Å². The van der Waals surface area contributed by atoms with Gasteiger partial charge >= 0.3 is 0 Å². The van der Waals surface area contributed by atoms with Gasteiger partial charge < -0.3 is 10.0 Å². The van der Waals surface area contributed by atoms with Crippen LogP contribution in [-0.2, 0) is 4.79 Å². The molecule has 0 aromatic carbocycles. The summed E-state index contributed by atoms with van der Waals surface area (Å²) in [5, 5.41) is 8.88. The highest BCUT2D eigenvalue weighted by Crippen LogP contribution is 2.20. The predicted molar refractivity (Wildman–Crippen MR) is 69.8 cm³/mol. The van der Waals surface area contributed by atoms with Gasteiger partial charge in [0.15, 0.2) is 0 Å². The number of likely N-dealkylation sites (tertiary alicyclic amines) is 1. The Kier molecular flexibility index (Phi) is 7.25. The van der Waals surface area contributed by atoms with E-state index in [0.29, 0.717) is 11.8 Å². The zero-order chi connectivity index (χ0) is 12.5. The van der Waals surface area contributed by atoms with Crippen molar-refractivity contribution in [1.82, 2.24) is 4.90 Å².